The molecule has 0 unspecified atom stereocenters. The summed E-state index contributed by atoms with van der Waals surface area (Å²) in [6, 6.07) is 9.20. The number of rotatable bonds is 7. The van der Waals surface area contributed by atoms with Gasteiger partial charge in [0.2, 0.25) is 15.9 Å². The molecule has 0 aliphatic rings. The lowest BCUT2D eigenvalue weighted by atomic mass is 10.1. The minimum atomic E-state index is -3.89. The maximum Gasteiger partial charge on any atom is 0.338 e. The van der Waals surface area contributed by atoms with Gasteiger partial charge < -0.3 is 10.1 Å². The van der Waals surface area contributed by atoms with Gasteiger partial charge in [0.15, 0.2) is 0 Å². The minimum Gasteiger partial charge on any atom is -0.462 e. The number of sulfonamides is 1. The van der Waals surface area contributed by atoms with Crippen molar-refractivity contribution in [2.75, 3.05) is 18.5 Å². The van der Waals surface area contributed by atoms with Crippen molar-refractivity contribution < 1.29 is 22.7 Å². The van der Waals surface area contributed by atoms with Crippen LogP contribution in [0.5, 0.6) is 0 Å². The Hall–Kier alpha value is -2.71. The van der Waals surface area contributed by atoms with Crippen LogP contribution in [0, 0.1) is 20.8 Å². The van der Waals surface area contributed by atoms with Crippen LogP contribution in [0.25, 0.3) is 0 Å². The Bertz CT molecular complexity index is 959. The van der Waals surface area contributed by atoms with E-state index in [9.17, 15) is 18.0 Å². The molecule has 0 spiro atoms. The van der Waals surface area contributed by atoms with Crippen LogP contribution < -0.4 is 10.0 Å². The van der Waals surface area contributed by atoms with E-state index in [-0.39, 0.29) is 17.1 Å². The van der Waals surface area contributed by atoms with E-state index in [1.54, 1.807) is 6.92 Å². The quantitative estimate of drug-likeness (QED) is 0.691. The fourth-order valence-electron chi connectivity index (χ4n) is 2.79. The Labute approximate surface area is 165 Å². The zero-order valence-electron chi connectivity index (χ0n) is 16.3. The third-order valence-corrected chi connectivity index (χ3v) is 5.46. The number of ether oxygens (including phenoxy) is 1. The molecule has 0 bridgehead atoms. The number of amides is 1. The molecular formula is C20H24N2O5S. The predicted molar refractivity (Wildman–Crippen MR) is 107 cm³/mol. The van der Waals surface area contributed by atoms with E-state index in [1.165, 1.54) is 24.3 Å². The number of carbonyl (C=O) groups excluding carboxylic acids is 2. The maximum absolute atomic E-state index is 12.4. The van der Waals surface area contributed by atoms with Crippen molar-refractivity contribution in [2.45, 2.75) is 32.6 Å². The lowest BCUT2D eigenvalue weighted by molar-refractivity contribution is -0.115. The van der Waals surface area contributed by atoms with Gasteiger partial charge in [0, 0.05) is 5.69 Å². The van der Waals surface area contributed by atoms with Gasteiger partial charge in [-0.05, 0) is 63.1 Å². The Morgan fingerprint density at radius 2 is 1.57 bits per heavy atom. The molecule has 8 heteroatoms. The number of hydrogen-bond acceptors (Lipinski definition) is 5. The van der Waals surface area contributed by atoms with Gasteiger partial charge >= 0.3 is 5.97 Å². The van der Waals surface area contributed by atoms with Gasteiger partial charge in [-0.25, -0.2) is 17.9 Å². The fraction of sp³-hybridized carbons (Fsp3) is 0.300. The van der Waals surface area contributed by atoms with Gasteiger partial charge in [-0.15, -0.1) is 0 Å². The van der Waals surface area contributed by atoms with Crippen LogP contribution in [0.2, 0.25) is 0 Å². The molecule has 0 atom stereocenters. The molecule has 2 rings (SSSR count). The van der Waals surface area contributed by atoms with Gasteiger partial charge in [0.1, 0.15) is 0 Å². The van der Waals surface area contributed by atoms with Gasteiger partial charge in [-0.2, -0.15) is 0 Å². The third-order valence-electron chi connectivity index (χ3n) is 4.04. The number of carbonyl (C=O) groups is 2. The zero-order chi connectivity index (χ0) is 20.9. The minimum absolute atomic E-state index is 0.0453. The summed E-state index contributed by atoms with van der Waals surface area (Å²) >= 11 is 0. The second-order valence-electron chi connectivity index (χ2n) is 6.39. The molecule has 1 amide bonds. The number of aryl methyl sites for hydroxylation is 3. The van der Waals surface area contributed by atoms with Crippen molar-refractivity contribution in [1.82, 2.24) is 4.72 Å². The van der Waals surface area contributed by atoms with E-state index < -0.39 is 28.4 Å². The highest BCUT2D eigenvalue weighted by molar-refractivity contribution is 7.89. The van der Waals surface area contributed by atoms with Crippen LogP contribution in [0.3, 0.4) is 0 Å². The molecule has 0 aromatic heterocycles. The Morgan fingerprint density at radius 3 is 2.11 bits per heavy atom. The Morgan fingerprint density at radius 1 is 1.00 bits per heavy atom. The molecule has 0 fully saturated rings. The second-order valence-corrected chi connectivity index (χ2v) is 8.16. The van der Waals surface area contributed by atoms with Crippen molar-refractivity contribution in [3.05, 3.63) is 58.7 Å². The van der Waals surface area contributed by atoms with Crippen molar-refractivity contribution in [2.24, 2.45) is 0 Å². The fourth-order valence-corrected chi connectivity index (χ4v) is 3.77. The molecule has 2 aromatic carbocycles. The van der Waals surface area contributed by atoms with Crippen LogP contribution in [-0.2, 0) is 19.6 Å². The summed E-state index contributed by atoms with van der Waals surface area (Å²) in [5, 5.41) is 2.74. The highest BCUT2D eigenvalue weighted by atomic mass is 32.2. The zero-order valence-corrected chi connectivity index (χ0v) is 17.1. The molecule has 2 aromatic rings. The highest BCUT2D eigenvalue weighted by Gasteiger charge is 2.17. The first-order chi connectivity index (χ1) is 13.1. The molecule has 0 radical (unpaired) electrons. The van der Waals surface area contributed by atoms with Gasteiger partial charge in [0.25, 0.3) is 0 Å². The van der Waals surface area contributed by atoms with Crippen molar-refractivity contribution in [3.63, 3.8) is 0 Å². The monoisotopic (exact) mass is 404 g/mol. The lowest BCUT2D eigenvalue weighted by Gasteiger charge is -2.13. The molecule has 0 heterocycles. The van der Waals surface area contributed by atoms with Crippen molar-refractivity contribution in [1.29, 1.82) is 0 Å². The maximum atomic E-state index is 12.4. The molecule has 0 aliphatic carbocycles. The van der Waals surface area contributed by atoms with E-state index >= 15 is 0 Å². The summed E-state index contributed by atoms with van der Waals surface area (Å²) in [5.74, 6) is -0.996. The van der Waals surface area contributed by atoms with Gasteiger partial charge in [0.05, 0.1) is 23.6 Å². The standard InChI is InChI=1S/C20H24N2O5S/c1-5-27-20(24)16-6-8-17(9-7-16)28(25,26)21-12-18(23)22-19-14(3)10-13(2)11-15(19)4/h6-11,21H,5,12H2,1-4H3,(H,22,23). The van der Waals surface area contributed by atoms with Crippen LogP contribution in [-0.4, -0.2) is 33.4 Å². The highest BCUT2D eigenvalue weighted by Crippen LogP contribution is 2.21. The largest absolute Gasteiger partial charge is 0.462 e. The number of benzene rings is 2. The number of hydrogen-bond donors (Lipinski definition) is 2. The summed E-state index contributed by atoms with van der Waals surface area (Å²) in [7, 11) is -3.89. The van der Waals surface area contributed by atoms with Gasteiger partial charge in [-0.1, -0.05) is 17.7 Å². The SMILES string of the molecule is CCOC(=O)c1ccc(S(=O)(=O)NCC(=O)Nc2c(C)cc(C)cc2C)cc1. The molecule has 2 N–H and O–H groups in total. The molecule has 0 aliphatic heterocycles. The average Bonchev–Trinajstić information content (AvgIpc) is 2.63. The van der Waals surface area contributed by atoms with E-state index in [4.69, 9.17) is 4.74 Å². The molecular weight excluding hydrogens is 380 g/mol. The van der Waals surface area contributed by atoms with Crippen molar-refractivity contribution in [3.8, 4) is 0 Å². The van der Waals surface area contributed by atoms with E-state index in [2.05, 4.69) is 10.0 Å². The molecule has 150 valence electrons. The normalized spacial score (nSPS) is 11.1. The van der Waals surface area contributed by atoms with Crippen LogP contribution in [0.1, 0.15) is 34.0 Å². The Kier molecular flexibility index (Phi) is 6.93. The smallest absolute Gasteiger partial charge is 0.338 e. The second kappa shape index (κ2) is 8.99. The van der Waals surface area contributed by atoms with Crippen molar-refractivity contribution >= 4 is 27.6 Å². The molecule has 28 heavy (non-hydrogen) atoms. The first-order valence-electron chi connectivity index (χ1n) is 8.78. The average molecular weight is 404 g/mol. The third kappa shape index (κ3) is 5.40. The topological polar surface area (TPSA) is 102 Å². The van der Waals surface area contributed by atoms with Crippen LogP contribution >= 0.6 is 0 Å². The number of anilines is 1. The van der Waals surface area contributed by atoms with E-state index in [0.29, 0.717) is 5.69 Å². The molecule has 7 nitrogen and oxygen atoms in total. The van der Waals surface area contributed by atoms with E-state index in [1.807, 2.05) is 32.9 Å². The summed E-state index contributed by atoms with van der Waals surface area (Å²) in [4.78, 5) is 23.8. The first-order valence-corrected chi connectivity index (χ1v) is 10.3. The lowest BCUT2D eigenvalue weighted by Crippen LogP contribution is -2.33. The predicted octanol–water partition coefficient (Wildman–Crippen LogP) is 2.71. The molecule has 0 saturated carbocycles. The van der Waals surface area contributed by atoms with Crippen LogP contribution in [0.15, 0.2) is 41.3 Å². The summed E-state index contributed by atoms with van der Waals surface area (Å²) < 4.78 is 31.9. The summed E-state index contributed by atoms with van der Waals surface area (Å²) in [6.07, 6.45) is 0. The Balaban J connectivity index is 2.03. The van der Waals surface area contributed by atoms with Gasteiger partial charge in [-0.3, -0.25) is 4.79 Å². The van der Waals surface area contributed by atoms with E-state index in [0.717, 1.165) is 16.7 Å². The number of nitrogens with one attached hydrogen (secondary N) is 2. The molecule has 0 saturated heterocycles. The first kappa shape index (κ1) is 21.6. The summed E-state index contributed by atoms with van der Waals surface area (Å²) in [5.41, 5.74) is 3.82. The van der Waals surface area contributed by atoms with Crippen LogP contribution in [0.4, 0.5) is 5.69 Å². The number of esters is 1. The summed E-state index contributed by atoms with van der Waals surface area (Å²) in [6.45, 7) is 7.23.